The molecule has 0 radical (unpaired) electrons. The molecule has 2 aromatic rings. The van der Waals surface area contributed by atoms with Crippen molar-refractivity contribution in [3.8, 4) is 0 Å². The topological polar surface area (TPSA) is 84.3 Å². The maximum atomic E-state index is 11.5. The third-order valence-corrected chi connectivity index (χ3v) is 3.40. The molecule has 3 rings (SSSR count). The van der Waals surface area contributed by atoms with Gasteiger partial charge in [-0.15, -0.1) is 0 Å². The Morgan fingerprint density at radius 2 is 2.53 bits per heavy atom. The highest BCUT2D eigenvalue weighted by Gasteiger charge is 2.14. The number of rotatable bonds is 3. The molecule has 1 unspecified atom stereocenters. The van der Waals surface area contributed by atoms with Gasteiger partial charge in [-0.1, -0.05) is 0 Å². The standard InChI is InChI=1S/C12H17N5O2/c1-8-14-10(5-11-15-16-12(18)17(8)11)13-6-9-3-2-4-19-7-9/h5,9,13H,2-4,6-7H2,1H3,(H,16,18). The lowest BCUT2D eigenvalue weighted by molar-refractivity contribution is 0.0595. The quantitative estimate of drug-likeness (QED) is 0.845. The molecule has 0 amide bonds. The van der Waals surface area contributed by atoms with Gasteiger partial charge in [-0.2, -0.15) is 5.10 Å². The smallest absolute Gasteiger partial charge is 0.349 e. The summed E-state index contributed by atoms with van der Waals surface area (Å²) in [6, 6.07) is 1.77. The van der Waals surface area contributed by atoms with E-state index in [0.717, 1.165) is 32.0 Å². The zero-order valence-electron chi connectivity index (χ0n) is 10.8. The second-order valence-electron chi connectivity index (χ2n) is 4.88. The molecule has 0 saturated carbocycles. The molecule has 19 heavy (non-hydrogen) atoms. The molecule has 0 aromatic carbocycles. The number of aromatic amines is 1. The Bertz CT molecular complexity index is 627. The molecule has 0 bridgehead atoms. The Balaban J connectivity index is 1.75. The number of ether oxygens (including phenoxy) is 1. The van der Waals surface area contributed by atoms with Gasteiger partial charge in [-0.3, -0.25) is 0 Å². The molecule has 102 valence electrons. The van der Waals surface area contributed by atoms with Crippen LogP contribution in [0.2, 0.25) is 0 Å². The first kappa shape index (κ1) is 12.2. The average molecular weight is 263 g/mol. The Morgan fingerprint density at radius 1 is 1.63 bits per heavy atom. The summed E-state index contributed by atoms with van der Waals surface area (Å²) in [5.74, 6) is 1.89. The van der Waals surface area contributed by atoms with E-state index in [9.17, 15) is 4.79 Å². The molecule has 0 spiro atoms. The number of aryl methyl sites for hydroxylation is 1. The molecule has 0 aliphatic carbocycles. The van der Waals surface area contributed by atoms with Crippen molar-refractivity contribution in [3.63, 3.8) is 0 Å². The van der Waals surface area contributed by atoms with Gasteiger partial charge < -0.3 is 10.1 Å². The van der Waals surface area contributed by atoms with Crippen LogP contribution in [0.15, 0.2) is 10.9 Å². The molecule has 2 aromatic heterocycles. The molecule has 1 saturated heterocycles. The minimum atomic E-state index is -0.257. The lowest BCUT2D eigenvalue weighted by Crippen LogP contribution is -2.25. The van der Waals surface area contributed by atoms with E-state index in [-0.39, 0.29) is 5.69 Å². The highest BCUT2D eigenvalue weighted by Crippen LogP contribution is 2.15. The van der Waals surface area contributed by atoms with E-state index >= 15 is 0 Å². The van der Waals surface area contributed by atoms with Gasteiger partial charge in [0.05, 0.1) is 6.61 Å². The number of hydrogen-bond donors (Lipinski definition) is 2. The summed E-state index contributed by atoms with van der Waals surface area (Å²) in [7, 11) is 0. The fourth-order valence-corrected chi connectivity index (χ4v) is 2.41. The molecule has 2 N–H and O–H groups in total. The summed E-state index contributed by atoms with van der Waals surface area (Å²) in [6.45, 7) is 4.29. The van der Waals surface area contributed by atoms with Gasteiger partial charge in [0.25, 0.3) is 0 Å². The zero-order valence-corrected chi connectivity index (χ0v) is 10.8. The van der Waals surface area contributed by atoms with Gasteiger partial charge in [-0.05, 0) is 25.7 Å². The third-order valence-electron chi connectivity index (χ3n) is 3.40. The predicted molar refractivity (Wildman–Crippen MR) is 70.4 cm³/mol. The van der Waals surface area contributed by atoms with Crippen LogP contribution in [0.5, 0.6) is 0 Å². The molecule has 7 nitrogen and oxygen atoms in total. The first-order chi connectivity index (χ1) is 9.24. The maximum Gasteiger partial charge on any atom is 0.349 e. The van der Waals surface area contributed by atoms with Crippen molar-refractivity contribution in [2.75, 3.05) is 25.1 Å². The fourth-order valence-electron chi connectivity index (χ4n) is 2.41. The van der Waals surface area contributed by atoms with Crippen molar-refractivity contribution in [3.05, 3.63) is 22.4 Å². The Kier molecular flexibility index (Phi) is 3.20. The van der Waals surface area contributed by atoms with Crippen LogP contribution in [-0.2, 0) is 4.74 Å². The van der Waals surface area contributed by atoms with Crippen LogP contribution in [0.25, 0.3) is 5.65 Å². The Labute approximate surface area is 110 Å². The van der Waals surface area contributed by atoms with Crippen LogP contribution < -0.4 is 11.0 Å². The lowest BCUT2D eigenvalue weighted by Gasteiger charge is -2.22. The SMILES string of the molecule is Cc1nc(NCC2CCCOC2)cc2n[nH]c(=O)n12. The minimum Gasteiger partial charge on any atom is -0.381 e. The van der Waals surface area contributed by atoms with E-state index in [1.807, 2.05) is 0 Å². The summed E-state index contributed by atoms with van der Waals surface area (Å²) in [5.41, 5.74) is 0.326. The normalized spacial score (nSPS) is 19.7. The van der Waals surface area contributed by atoms with Crippen LogP contribution in [0.3, 0.4) is 0 Å². The van der Waals surface area contributed by atoms with Crippen molar-refractivity contribution in [1.82, 2.24) is 19.6 Å². The summed E-state index contributed by atoms with van der Waals surface area (Å²) in [5, 5.41) is 9.67. The van der Waals surface area contributed by atoms with Crippen molar-refractivity contribution in [2.45, 2.75) is 19.8 Å². The van der Waals surface area contributed by atoms with Crippen molar-refractivity contribution < 1.29 is 4.74 Å². The van der Waals surface area contributed by atoms with E-state index in [4.69, 9.17) is 4.74 Å². The van der Waals surface area contributed by atoms with E-state index in [1.54, 1.807) is 13.0 Å². The van der Waals surface area contributed by atoms with E-state index in [0.29, 0.717) is 17.4 Å². The van der Waals surface area contributed by atoms with Crippen LogP contribution >= 0.6 is 0 Å². The van der Waals surface area contributed by atoms with Gasteiger partial charge in [0, 0.05) is 19.2 Å². The lowest BCUT2D eigenvalue weighted by atomic mass is 10.0. The van der Waals surface area contributed by atoms with Crippen molar-refractivity contribution in [1.29, 1.82) is 0 Å². The summed E-state index contributed by atoms with van der Waals surface area (Å²) < 4.78 is 6.90. The summed E-state index contributed by atoms with van der Waals surface area (Å²) >= 11 is 0. The van der Waals surface area contributed by atoms with Crippen LogP contribution in [0.1, 0.15) is 18.7 Å². The number of aromatic nitrogens is 4. The fraction of sp³-hybridized carbons (Fsp3) is 0.583. The molecular weight excluding hydrogens is 246 g/mol. The van der Waals surface area contributed by atoms with E-state index in [1.165, 1.54) is 10.8 Å². The number of anilines is 1. The molecule has 1 aliphatic rings. The van der Waals surface area contributed by atoms with Crippen LogP contribution in [0, 0.1) is 12.8 Å². The maximum absolute atomic E-state index is 11.5. The van der Waals surface area contributed by atoms with Crippen molar-refractivity contribution >= 4 is 11.5 Å². The van der Waals surface area contributed by atoms with E-state index in [2.05, 4.69) is 20.5 Å². The largest absolute Gasteiger partial charge is 0.381 e. The molecule has 1 atom stereocenters. The van der Waals surface area contributed by atoms with Gasteiger partial charge in [-0.25, -0.2) is 19.3 Å². The second kappa shape index (κ2) is 5.00. The number of H-pyrrole nitrogens is 1. The molecule has 1 aliphatic heterocycles. The van der Waals surface area contributed by atoms with Crippen molar-refractivity contribution in [2.24, 2.45) is 5.92 Å². The third kappa shape index (κ3) is 2.46. The van der Waals surface area contributed by atoms with E-state index < -0.39 is 0 Å². The van der Waals surface area contributed by atoms with Gasteiger partial charge in [0.15, 0.2) is 5.65 Å². The zero-order chi connectivity index (χ0) is 13.2. The first-order valence-electron chi connectivity index (χ1n) is 6.50. The van der Waals surface area contributed by atoms with Gasteiger partial charge >= 0.3 is 5.69 Å². The highest BCUT2D eigenvalue weighted by molar-refractivity contribution is 5.49. The molecule has 7 heteroatoms. The Morgan fingerprint density at radius 3 is 3.32 bits per heavy atom. The van der Waals surface area contributed by atoms with Crippen LogP contribution in [-0.4, -0.2) is 39.3 Å². The van der Waals surface area contributed by atoms with Gasteiger partial charge in [0.1, 0.15) is 11.6 Å². The average Bonchev–Trinajstić information content (AvgIpc) is 2.80. The predicted octanol–water partition coefficient (Wildman–Crippen LogP) is 0.565. The number of hydrogen-bond acceptors (Lipinski definition) is 5. The highest BCUT2D eigenvalue weighted by atomic mass is 16.5. The minimum absolute atomic E-state index is 0.257. The summed E-state index contributed by atoms with van der Waals surface area (Å²) in [4.78, 5) is 15.9. The number of fused-ring (bicyclic) bond motifs is 1. The monoisotopic (exact) mass is 263 g/mol. The first-order valence-corrected chi connectivity index (χ1v) is 6.50. The van der Waals surface area contributed by atoms with Crippen LogP contribution in [0.4, 0.5) is 5.82 Å². The molecule has 3 heterocycles. The Hall–Kier alpha value is -1.89. The van der Waals surface area contributed by atoms with Gasteiger partial charge in [0.2, 0.25) is 0 Å². The molecular formula is C12H17N5O2. The second-order valence-corrected chi connectivity index (χ2v) is 4.88. The number of nitrogens with zero attached hydrogens (tertiary/aromatic N) is 3. The molecule has 1 fully saturated rings. The summed E-state index contributed by atoms with van der Waals surface area (Å²) in [6.07, 6.45) is 2.29. The number of nitrogens with one attached hydrogen (secondary N) is 2.